The van der Waals surface area contributed by atoms with E-state index in [0.29, 0.717) is 10.7 Å². The summed E-state index contributed by atoms with van der Waals surface area (Å²) in [5.74, 6) is -1.16. The highest BCUT2D eigenvalue weighted by Crippen LogP contribution is 2.25. The van der Waals surface area contributed by atoms with E-state index in [1.165, 1.54) is 17.4 Å². The van der Waals surface area contributed by atoms with E-state index in [-0.39, 0.29) is 24.4 Å². The minimum absolute atomic E-state index is 0.168. The number of carbonyl (C=O) groups excluding carboxylic acids is 1. The smallest absolute Gasteiger partial charge is 0.335 e. The van der Waals surface area contributed by atoms with Gasteiger partial charge in [0, 0.05) is 22.5 Å². The molecule has 26 heavy (non-hydrogen) atoms. The summed E-state index contributed by atoms with van der Waals surface area (Å²) in [6.45, 7) is 0.272. The fourth-order valence-electron chi connectivity index (χ4n) is 2.36. The summed E-state index contributed by atoms with van der Waals surface area (Å²) in [7, 11) is 0. The van der Waals surface area contributed by atoms with E-state index in [1.807, 2.05) is 17.5 Å². The van der Waals surface area contributed by atoms with Crippen molar-refractivity contribution >= 4 is 34.8 Å². The Morgan fingerprint density at radius 2 is 1.92 bits per heavy atom. The average Bonchev–Trinajstić information content (AvgIpc) is 3.09. The predicted octanol–water partition coefficient (Wildman–Crippen LogP) is 4.02. The lowest BCUT2D eigenvalue weighted by molar-refractivity contribution is -0.120. The molecule has 3 aromatic rings. The van der Waals surface area contributed by atoms with Crippen LogP contribution in [0.25, 0.3) is 10.6 Å². The molecule has 0 aliphatic heterocycles. The van der Waals surface area contributed by atoms with Gasteiger partial charge in [0.2, 0.25) is 5.91 Å². The van der Waals surface area contributed by atoms with Gasteiger partial charge in [-0.25, -0.2) is 9.78 Å². The summed E-state index contributed by atoms with van der Waals surface area (Å²) in [5, 5.41) is 15.1. The lowest BCUT2D eigenvalue weighted by atomic mass is 10.1. The number of aromatic nitrogens is 1. The molecule has 0 atom stereocenters. The molecule has 1 heterocycles. The zero-order chi connectivity index (χ0) is 18.5. The van der Waals surface area contributed by atoms with Gasteiger partial charge < -0.3 is 10.4 Å². The lowest BCUT2D eigenvalue weighted by Gasteiger charge is -2.05. The number of carboxylic acids is 1. The Bertz CT molecular complexity index is 938. The average molecular weight is 387 g/mol. The number of rotatable bonds is 6. The van der Waals surface area contributed by atoms with Crippen molar-refractivity contribution < 1.29 is 14.7 Å². The molecule has 7 heteroatoms. The quantitative estimate of drug-likeness (QED) is 0.670. The van der Waals surface area contributed by atoms with E-state index in [0.717, 1.165) is 16.1 Å². The van der Waals surface area contributed by atoms with Crippen LogP contribution in [0.5, 0.6) is 0 Å². The van der Waals surface area contributed by atoms with Gasteiger partial charge in [-0.3, -0.25) is 4.79 Å². The van der Waals surface area contributed by atoms with Gasteiger partial charge in [0.05, 0.1) is 17.7 Å². The minimum atomic E-state index is -0.990. The number of hydrogen-bond acceptors (Lipinski definition) is 4. The Kier molecular flexibility index (Phi) is 5.65. The first kappa shape index (κ1) is 18.1. The first-order chi connectivity index (χ1) is 12.5. The standard InChI is InChI=1S/C19H15ClN2O3S/c20-15-6-4-13(5-7-15)18-22-16(11-26-18)9-17(23)21-10-12-2-1-3-14(8-12)19(24)25/h1-8,11H,9-10H2,(H,21,23)(H,24,25). The second-order valence-electron chi connectivity index (χ2n) is 5.61. The number of nitrogens with one attached hydrogen (secondary N) is 1. The molecular formula is C19H15ClN2O3S. The maximum atomic E-state index is 12.1. The lowest BCUT2D eigenvalue weighted by Crippen LogP contribution is -2.24. The highest BCUT2D eigenvalue weighted by atomic mass is 35.5. The second kappa shape index (κ2) is 8.12. The summed E-state index contributed by atoms with van der Waals surface area (Å²) in [4.78, 5) is 27.6. The minimum Gasteiger partial charge on any atom is -0.478 e. The third kappa shape index (κ3) is 4.68. The number of halogens is 1. The van der Waals surface area contributed by atoms with Crippen LogP contribution in [0.3, 0.4) is 0 Å². The van der Waals surface area contributed by atoms with Crippen LogP contribution < -0.4 is 5.32 Å². The van der Waals surface area contributed by atoms with Crippen LogP contribution in [0.1, 0.15) is 21.6 Å². The van der Waals surface area contributed by atoms with Crippen LogP contribution in [0.2, 0.25) is 5.02 Å². The van der Waals surface area contributed by atoms with Crippen LogP contribution in [0.15, 0.2) is 53.9 Å². The molecule has 0 radical (unpaired) electrons. The van der Waals surface area contributed by atoms with Crippen molar-refractivity contribution in [3.8, 4) is 10.6 Å². The third-order valence-corrected chi connectivity index (χ3v) is 4.84. The highest BCUT2D eigenvalue weighted by Gasteiger charge is 2.10. The molecule has 2 aromatic carbocycles. The Hall–Kier alpha value is -2.70. The number of aromatic carboxylic acids is 1. The summed E-state index contributed by atoms with van der Waals surface area (Å²) in [6, 6.07) is 13.9. The molecule has 0 aliphatic carbocycles. The summed E-state index contributed by atoms with van der Waals surface area (Å²) in [5.41, 5.74) is 2.58. The monoisotopic (exact) mass is 386 g/mol. The van der Waals surface area contributed by atoms with E-state index in [4.69, 9.17) is 16.7 Å². The normalized spacial score (nSPS) is 10.5. The van der Waals surface area contributed by atoms with Gasteiger partial charge >= 0.3 is 5.97 Å². The number of amides is 1. The van der Waals surface area contributed by atoms with Crippen molar-refractivity contribution in [2.75, 3.05) is 0 Å². The van der Waals surface area contributed by atoms with E-state index < -0.39 is 5.97 Å². The Balaban J connectivity index is 1.58. The van der Waals surface area contributed by atoms with Crippen LogP contribution in [0, 0.1) is 0 Å². The van der Waals surface area contributed by atoms with E-state index >= 15 is 0 Å². The van der Waals surface area contributed by atoms with Crippen molar-refractivity contribution in [1.29, 1.82) is 0 Å². The first-order valence-electron chi connectivity index (χ1n) is 7.80. The zero-order valence-electron chi connectivity index (χ0n) is 13.6. The Labute approximate surface area is 159 Å². The SMILES string of the molecule is O=C(Cc1csc(-c2ccc(Cl)cc2)n1)NCc1cccc(C(=O)O)c1. The van der Waals surface area contributed by atoms with Crippen molar-refractivity contribution in [2.45, 2.75) is 13.0 Å². The number of carboxylic acid groups (broad SMARTS) is 1. The molecular weight excluding hydrogens is 372 g/mol. The number of benzene rings is 2. The van der Waals surface area contributed by atoms with Crippen LogP contribution >= 0.6 is 22.9 Å². The van der Waals surface area contributed by atoms with Crippen molar-refractivity contribution in [1.82, 2.24) is 10.3 Å². The molecule has 132 valence electrons. The van der Waals surface area contributed by atoms with Gasteiger partial charge in [0.1, 0.15) is 5.01 Å². The third-order valence-electron chi connectivity index (χ3n) is 3.65. The molecule has 3 rings (SSSR count). The molecule has 0 aliphatic rings. The first-order valence-corrected chi connectivity index (χ1v) is 9.06. The number of carbonyl (C=O) groups is 2. The summed E-state index contributed by atoms with van der Waals surface area (Å²) >= 11 is 7.35. The predicted molar refractivity (Wildman–Crippen MR) is 102 cm³/mol. The van der Waals surface area contributed by atoms with Crippen LogP contribution in [0.4, 0.5) is 0 Å². The Morgan fingerprint density at radius 1 is 1.15 bits per heavy atom. The molecule has 0 bridgehead atoms. The molecule has 0 unspecified atom stereocenters. The fourth-order valence-corrected chi connectivity index (χ4v) is 3.31. The largest absolute Gasteiger partial charge is 0.478 e. The van der Waals surface area contributed by atoms with Gasteiger partial charge in [0.25, 0.3) is 0 Å². The maximum absolute atomic E-state index is 12.1. The van der Waals surface area contributed by atoms with Crippen molar-refractivity contribution in [2.24, 2.45) is 0 Å². The Morgan fingerprint density at radius 3 is 2.65 bits per heavy atom. The second-order valence-corrected chi connectivity index (χ2v) is 6.90. The molecule has 1 amide bonds. The van der Waals surface area contributed by atoms with Crippen molar-refractivity contribution in [3.05, 3.63) is 75.8 Å². The molecule has 0 saturated heterocycles. The van der Waals surface area contributed by atoms with E-state index in [9.17, 15) is 9.59 Å². The summed E-state index contributed by atoms with van der Waals surface area (Å²) < 4.78 is 0. The van der Waals surface area contributed by atoms with E-state index in [1.54, 1.807) is 30.3 Å². The van der Waals surface area contributed by atoms with Gasteiger partial charge in [-0.05, 0) is 29.8 Å². The maximum Gasteiger partial charge on any atom is 0.335 e. The topological polar surface area (TPSA) is 79.3 Å². The number of thiazole rings is 1. The molecule has 1 aromatic heterocycles. The van der Waals surface area contributed by atoms with Gasteiger partial charge in [-0.2, -0.15) is 0 Å². The van der Waals surface area contributed by atoms with Gasteiger partial charge in [-0.15, -0.1) is 11.3 Å². The van der Waals surface area contributed by atoms with Gasteiger partial charge in [-0.1, -0.05) is 35.9 Å². The van der Waals surface area contributed by atoms with Crippen LogP contribution in [-0.4, -0.2) is 22.0 Å². The highest BCUT2D eigenvalue weighted by molar-refractivity contribution is 7.13. The molecule has 0 fully saturated rings. The summed E-state index contributed by atoms with van der Waals surface area (Å²) in [6.07, 6.45) is 0.169. The molecule has 2 N–H and O–H groups in total. The molecule has 0 saturated carbocycles. The van der Waals surface area contributed by atoms with Gasteiger partial charge in [0.15, 0.2) is 0 Å². The van der Waals surface area contributed by atoms with Crippen LogP contribution in [-0.2, 0) is 17.8 Å². The molecule has 5 nitrogen and oxygen atoms in total. The number of hydrogen-bond donors (Lipinski definition) is 2. The fraction of sp³-hybridized carbons (Fsp3) is 0.105. The van der Waals surface area contributed by atoms with E-state index in [2.05, 4.69) is 10.3 Å². The zero-order valence-corrected chi connectivity index (χ0v) is 15.2. The van der Waals surface area contributed by atoms with Crippen molar-refractivity contribution in [3.63, 3.8) is 0 Å². The molecule has 0 spiro atoms. The number of nitrogens with zero attached hydrogens (tertiary/aromatic N) is 1.